The summed E-state index contributed by atoms with van der Waals surface area (Å²) < 4.78 is 14.2. The van der Waals surface area contributed by atoms with E-state index in [-0.39, 0.29) is 65.7 Å². The zero-order chi connectivity index (χ0) is 45.5. The van der Waals surface area contributed by atoms with Crippen molar-refractivity contribution in [3.05, 3.63) is 114 Å². The van der Waals surface area contributed by atoms with Gasteiger partial charge in [0.1, 0.15) is 24.4 Å². The number of phenols is 10. The zero-order valence-corrected chi connectivity index (χ0v) is 34.1. The second-order valence-electron chi connectivity index (χ2n) is 16.0. The Hall–Kier alpha value is -8.98. The van der Waals surface area contributed by atoms with E-state index in [4.69, 9.17) is 17.0 Å². The molecule has 0 aliphatic rings. The molecule has 318 valence electrons. The third kappa shape index (κ3) is 5.11. The summed E-state index contributed by atoms with van der Waals surface area (Å²) in [6.45, 7) is 2.96. The van der Waals surface area contributed by atoms with Crippen LogP contribution in [0.3, 0.4) is 0 Å². The van der Waals surface area contributed by atoms with Crippen molar-refractivity contribution in [1.82, 2.24) is 8.97 Å². The fourth-order valence-electron chi connectivity index (χ4n) is 9.38. The van der Waals surface area contributed by atoms with E-state index in [1.807, 2.05) is 72.8 Å². The van der Waals surface area contributed by atoms with Gasteiger partial charge in [0.25, 0.3) is 0 Å². The Morgan fingerprint density at radius 1 is 0.369 bits per heavy atom. The largest absolute Gasteiger partial charge is 0.505 e. The van der Waals surface area contributed by atoms with E-state index in [1.165, 1.54) is 15.9 Å². The van der Waals surface area contributed by atoms with Crippen LogP contribution in [0.4, 0.5) is 0 Å². The minimum atomic E-state index is -1.07. The number of phenolic OH excluding ortho intramolecular Hbond substituents is 10. The summed E-state index contributed by atoms with van der Waals surface area (Å²) >= 11 is 0. The molecule has 0 spiro atoms. The maximum atomic E-state index is 12.6. The second kappa shape index (κ2) is 13.5. The average molecular weight is 865 g/mol. The van der Waals surface area contributed by atoms with Crippen LogP contribution < -0.4 is 5.46 Å². The molecule has 8 aromatic carbocycles. The van der Waals surface area contributed by atoms with Gasteiger partial charge in [-0.1, -0.05) is 72.8 Å². The lowest BCUT2D eigenvalue weighted by Crippen LogP contribution is -2.06. The van der Waals surface area contributed by atoms with Gasteiger partial charge in [0.05, 0.1) is 21.8 Å². The number of aryl methyl sites for hydroxylation is 2. The van der Waals surface area contributed by atoms with Crippen molar-refractivity contribution in [3.8, 4) is 96.6 Å². The fourth-order valence-corrected chi connectivity index (χ4v) is 9.38. The smallest absolute Gasteiger partial charge is 0.248 e. The molecule has 0 bridgehead atoms. The highest BCUT2D eigenvalue weighted by molar-refractivity contribution is 6.45. The number of rotatable bonds is 4. The van der Waals surface area contributed by atoms with Gasteiger partial charge in [0, 0.05) is 22.0 Å². The predicted molar refractivity (Wildman–Crippen MR) is 245 cm³/mol. The number of nitrogens with zero attached hydrogens (tertiary/aromatic N) is 2. The molecular weight excluding hydrogens is 831 g/mol. The molecular formula is C50H33BN2O12. The fraction of sp³-hybridized carbons (Fsp3) is 0.0400. The van der Waals surface area contributed by atoms with E-state index in [0.29, 0.717) is 5.69 Å². The van der Waals surface area contributed by atoms with Crippen LogP contribution in [-0.4, -0.2) is 67.9 Å². The first-order chi connectivity index (χ1) is 31.2. The molecule has 14 nitrogen and oxygen atoms in total. The predicted octanol–water partition coefficient (Wildman–Crippen LogP) is 9.71. The quantitative estimate of drug-likeness (QED) is 0.0452. The van der Waals surface area contributed by atoms with Gasteiger partial charge >= 0.3 is 0 Å². The molecule has 0 saturated carbocycles. The van der Waals surface area contributed by atoms with Crippen molar-refractivity contribution in [2.75, 3.05) is 0 Å². The van der Waals surface area contributed by atoms with Gasteiger partial charge in [-0.25, -0.2) is 0 Å². The van der Waals surface area contributed by atoms with Crippen molar-refractivity contribution in [3.63, 3.8) is 0 Å². The summed E-state index contributed by atoms with van der Waals surface area (Å²) in [6.07, 6.45) is 0. The lowest BCUT2D eigenvalue weighted by Gasteiger charge is -2.14. The van der Waals surface area contributed by atoms with E-state index in [0.717, 1.165) is 33.4 Å². The van der Waals surface area contributed by atoms with Crippen LogP contribution in [0, 0.1) is 13.8 Å². The SMILES string of the molecule is [B]c1c(O)c(O)c(O)c2c1c1c(C)c3c(ooc4c(O)c(O)c(O)c5c6c(O)c(O)c(O)c(C)c6n3c45)c(O)c1n2-c1ccc(-c2cc(-c3ccccc3)cc(-c3ccccc3)c2)cc1. The zero-order valence-electron chi connectivity index (χ0n) is 34.1. The minimum Gasteiger partial charge on any atom is -0.505 e. The maximum Gasteiger partial charge on any atom is 0.248 e. The van der Waals surface area contributed by atoms with E-state index < -0.39 is 68.7 Å². The highest BCUT2D eigenvalue weighted by Crippen LogP contribution is 2.57. The highest BCUT2D eigenvalue weighted by atomic mass is 17.0. The van der Waals surface area contributed by atoms with Gasteiger partial charge in [-0.2, -0.15) is 0 Å². The Balaban J connectivity index is 1.26. The third-order valence-corrected chi connectivity index (χ3v) is 12.5. The molecule has 2 radical (unpaired) electrons. The summed E-state index contributed by atoms with van der Waals surface area (Å²) in [6, 6.07) is 33.3. The standard InChI is InChI=1S/C50H33BN2O12/c1-20-29-30-33(51)42(57)47(62)43(58)37(30)52(28-15-13-24(14-16-28)27-18-25(22-9-5-3-6-10-22)17-26(19-27)23-11-7-4-8-12-23)36(29)44(59)49-35(20)53-34-21(2)39(54)45(60)40(55)31(34)32-38(53)50(65-64-49)48(63)46(61)41(32)56/h3-19,54-63H,1-2H3. The lowest BCUT2D eigenvalue weighted by atomic mass is 9.88. The van der Waals surface area contributed by atoms with E-state index >= 15 is 0 Å². The highest BCUT2D eigenvalue weighted by Gasteiger charge is 2.34. The molecule has 0 amide bonds. The average Bonchev–Trinajstić information content (AvgIpc) is 3.82. The minimum absolute atomic E-state index is 0.0231. The van der Waals surface area contributed by atoms with Crippen LogP contribution in [0.1, 0.15) is 11.1 Å². The number of aromatic nitrogens is 2. The Morgan fingerprint density at radius 2 is 0.831 bits per heavy atom. The molecule has 0 fully saturated rings. The monoisotopic (exact) mass is 864 g/mol. The molecule has 10 N–H and O–H groups in total. The van der Waals surface area contributed by atoms with Crippen LogP contribution in [0.25, 0.3) is 99.4 Å². The molecule has 15 heteroatoms. The molecule has 0 atom stereocenters. The van der Waals surface area contributed by atoms with E-state index in [2.05, 4.69) is 18.2 Å². The van der Waals surface area contributed by atoms with Gasteiger partial charge in [0.15, 0.2) is 34.5 Å². The Labute approximate surface area is 366 Å². The van der Waals surface area contributed by atoms with Gasteiger partial charge in [0.2, 0.25) is 34.2 Å². The molecule has 3 aromatic heterocycles. The topological polar surface area (TPSA) is 238 Å². The van der Waals surface area contributed by atoms with Crippen LogP contribution in [0.15, 0.2) is 112 Å². The number of fused-ring (bicyclic) bond motifs is 8. The van der Waals surface area contributed by atoms with E-state index in [1.54, 1.807) is 19.1 Å². The molecule has 11 aromatic rings. The molecule has 0 aliphatic carbocycles. The van der Waals surface area contributed by atoms with Gasteiger partial charge in [-0.15, -0.1) is 0 Å². The van der Waals surface area contributed by atoms with Crippen LogP contribution in [0.2, 0.25) is 0 Å². The molecule has 0 unspecified atom stereocenters. The first kappa shape index (κ1) is 38.9. The first-order valence-electron chi connectivity index (χ1n) is 20.1. The maximum absolute atomic E-state index is 12.6. The van der Waals surface area contributed by atoms with Crippen LogP contribution in [-0.2, 0) is 0 Å². The van der Waals surface area contributed by atoms with Crippen molar-refractivity contribution in [2.24, 2.45) is 0 Å². The number of hydrogen-bond donors (Lipinski definition) is 10. The molecule has 65 heavy (non-hydrogen) atoms. The summed E-state index contributed by atoms with van der Waals surface area (Å²) in [5, 5.41) is 112. The Kier molecular flexibility index (Phi) is 8.09. The first-order valence-corrected chi connectivity index (χ1v) is 20.1. The lowest BCUT2D eigenvalue weighted by molar-refractivity contribution is 0.0877. The van der Waals surface area contributed by atoms with Gasteiger partial charge < -0.3 is 60.0 Å². The molecule has 0 saturated heterocycles. The summed E-state index contributed by atoms with van der Waals surface area (Å²) in [4.78, 5) is 0. The molecule has 0 aliphatic heterocycles. The third-order valence-electron chi connectivity index (χ3n) is 12.5. The van der Waals surface area contributed by atoms with Gasteiger partial charge in [-0.3, -0.25) is 9.15 Å². The number of hydrogen-bond acceptors (Lipinski definition) is 12. The normalized spacial score (nSPS) is 11.9. The number of benzene rings is 8. The van der Waals surface area contributed by atoms with Crippen molar-refractivity contribution in [2.45, 2.75) is 13.8 Å². The Morgan fingerprint density at radius 3 is 1.38 bits per heavy atom. The summed E-state index contributed by atoms with van der Waals surface area (Å²) in [5.74, 6) is -8.82. The van der Waals surface area contributed by atoms with Gasteiger partial charge in [-0.05, 0) is 88.6 Å². The second-order valence-corrected chi connectivity index (χ2v) is 16.0. The summed E-state index contributed by atoms with van der Waals surface area (Å²) in [7, 11) is 6.59. The van der Waals surface area contributed by atoms with E-state index in [9.17, 15) is 51.1 Å². The van der Waals surface area contributed by atoms with Crippen LogP contribution in [0.5, 0.6) is 57.5 Å². The molecule has 3 heterocycles. The van der Waals surface area contributed by atoms with Crippen molar-refractivity contribution in [1.29, 1.82) is 0 Å². The number of aromatic hydroxyl groups is 10. The summed E-state index contributed by atoms with van der Waals surface area (Å²) in [5.41, 5.74) is 4.15. The molecule has 11 rings (SSSR count). The van der Waals surface area contributed by atoms with Crippen molar-refractivity contribution >= 4 is 73.6 Å². The van der Waals surface area contributed by atoms with Crippen LogP contribution >= 0.6 is 0 Å². The van der Waals surface area contributed by atoms with Crippen molar-refractivity contribution < 1.29 is 60.2 Å². The Bertz CT molecular complexity index is 3850.